The summed E-state index contributed by atoms with van der Waals surface area (Å²) in [6.07, 6.45) is 2.01. The first-order valence-corrected chi connectivity index (χ1v) is 7.98. The Bertz CT molecular complexity index is 435. The average Bonchev–Trinajstić information content (AvgIpc) is 2.94. The second-order valence-electron chi connectivity index (χ2n) is 4.48. The normalized spacial score (nSPS) is 12.4. The van der Waals surface area contributed by atoms with Crippen LogP contribution in [-0.2, 0) is 25.5 Å². The first kappa shape index (κ1) is 18.8. The predicted octanol–water partition coefficient (Wildman–Crippen LogP) is 2.47. The Morgan fingerprint density at radius 2 is 1.91 bits per heavy atom. The lowest BCUT2D eigenvalue weighted by Gasteiger charge is -2.16. The molecule has 0 aliphatic rings. The van der Waals surface area contributed by atoms with Crippen LogP contribution in [0.1, 0.15) is 45.9 Å². The first-order chi connectivity index (χ1) is 10.6. The number of aryl methyl sites for hydroxylation is 1. The van der Waals surface area contributed by atoms with E-state index in [2.05, 4.69) is 10.3 Å². The smallest absolute Gasteiger partial charge is 0.352 e. The lowest BCUT2D eigenvalue weighted by molar-refractivity contribution is -0.141. The summed E-state index contributed by atoms with van der Waals surface area (Å²) < 4.78 is 23.3. The summed E-state index contributed by atoms with van der Waals surface area (Å²) in [4.78, 5) is 0. The van der Waals surface area contributed by atoms with Crippen LogP contribution in [0.3, 0.4) is 0 Å². The van der Waals surface area contributed by atoms with Gasteiger partial charge >= 0.3 is 5.24 Å². The summed E-state index contributed by atoms with van der Waals surface area (Å²) in [6, 6.07) is 0. The van der Waals surface area contributed by atoms with Crippen LogP contribution < -0.4 is 0 Å². The van der Waals surface area contributed by atoms with Crippen LogP contribution in [0, 0.1) is 0 Å². The molecule has 0 bridgehead atoms. The molecule has 1 unspecified atom stereocenters. The van der Waals surface area contributed by atoms with Crippen LogP contribution in [0.5, 0.6) is 0 Å². The van der Waals surface area contributed by atoms with Crippen molar-refractivity contribution in [1.82, 2.24) is 15.0 Å². The molecule has 0 saturated heterocycles. The van der Waals surface area contributed by atoms with E-state index in [4.69, 9.17) is 31.2 Å². The van der Waals surface area contributed by atoms with Gasteiger partial charge in [-0.1, -0.05) is 5.21 Å². The number of aromatic nitrogens is 3. The minimum Gasteiger partial charge on any atom is -0.457 e. The maximum absolute atomic E-state index is 5.50. The summed E-state index contributed by atoms with van der Waals surface area (Å²) in [5.74, 6) is 0. The highest BCUT2D eigenvalue weighted by Crippen LogP contribution is 2.14. The number of hydrogen-bond donors (Lipinski definition) is 0. The van der Waals surface area contributed by atoms with Gasteiger partial charge in [-0.05, 0) is 27.7 Å². The Kier molecular flexibility index (Phi) is 8.95. The van der Waals surface area contributed by atoms with Gasteiger partial charge in [0.25, 0.3) is 0 Å². The molecule has 0 saturated carbocycles. The van der Waals surface area contributed by atoms with Gasteiger partial charge in [-0.15, -0.1) is 5.10 Å². The highest BCUT2D eigenvalue weighted by molar-refractivity contribution is 7.79. The Morgan fingerprint density at radius 3 is 2.50 bits per heavy atom. The van der Waals surface area contributed by atoms with Gasteiger partial charge in [-0.25, -0.2) is 0 Å². The van der Waals surface area contributed by atoms with Crippen molar-refractivity contribution in [2.45, 2.75) is 53.1 Å². The van der Waals surface area contributed by atoms with Gasteiger partial charge in [0, 0.05) is 38.4 Å². The summed E-state index contributed by atoms with van der Waals surface area (Å²) >= 11 is 4.95. The van der Waals surface area contributed by atoms with Crippen LogP contribution in [0.2, 0.25) is 0 Å². The molecule has 0 spiro atoms. The van der Waals surface area contributed by atoms with E-state index in [1.165, 1.54) is 0 Å². The van der Waals surface area contributed by atoms with Gasteiger partial charge in [0.1, 0.15) is 11.8 Å². The maximum atomic E-state index is 5.50. The third-order valence-corrected chi connectivity index (χ3v) is 3.02. The zero-order chi connectivity index (χ0) is 16.4. The molecule has 1 aromatic rings. The van der Waals surface area contributed by atoms with E-state index in [1.807, 2.05) is 33.9 Å². The highest BCUT2D eigenvalue weighted by Gasteiger charge is 2.15. The molecule has 8 heteroatoms. The zero-order valence-corrected chi connectivity index (χ0v) is 14.5. The standard InChI is InChI=1S/C14H25N3O4S/c1-5-18-13(19-6-2)8-9-17-10-12(15-16-17)11(4)21-14(22)20-7-3/h10-11,13H,5-9H2,1-4H3. The van der Waals surface area contributed by atoms with Crippen LogP contribution >= 0.6 is 12.2 Å². The van der Waals surface area contributed by atoms with Crippen molar-refractivity contribution >= 4 is 17.5 Å². The second kappa shape index (κ2) is 10.5. The fraction of sp³-hybridized carbons (Fsp3) is 0.786. The van der Waals surface area contributed by atoms with Crippen molar-refractivity contribution in [3.63, 3.8) is 0 Å². The molecular weight excluding hydrogens is 306 g/mol. The number of hydrogen-bond acceptors (Lipinski definition) is 7. The Hall–Kier alpha value is -1.25. The molecule has 126 valence electrons. The van der Waals surface area contributed by atoms with Crippen LogP contribution in [-0.4, -0.2) is 46.3 Å². The Labute approximate surface area is 136 Å². The monoisotopic (exact) mass is 331 g/mol. The minimum absolute atomic E-state index is 0.123. The molecule has 1 aromatic heterocycles. The van der Waals surface area contributed by atoms with Crippen molar-refractivity contribution in [2.75, 3.05) is 19.8 Å². The fourth-order valence-corrected chi connectivity index (χ4v) is 2.05. The van der Waals surface area contributed by atoms with E-state index < -0.39 is 0 Å². The zero-order valence-electron chi connectivity index (χ0n) is 13.7. The second-order valence-corrected chi connectivity index (χ2v) is 4.81. The largest absolute Gasteiger partial charge is 0.457 e. The van der Waals surface area contributed by atoms with Crippen molar-refractivity contribution in [3.05, 3.63) is 11.9 Å². The molecule has 0 N–H and O–H groups in total. The van der Waals surface area contributed by atoms with E-state index in [-0.39, 0.29) is 17.6 Å². The van der Waals surface area contributed by atoms with E-state index >= 15 is 0 Å². The van der Waals surface area contributed by atoms with Gasteiger partial charge in [0.05, 0.1) is 12.8 Å². The molecule has 22 heavy (non-hydrogen) atoms. The average molecular weight is 331 g/mol. The third-order valence-electron chi connectivity index (χ3n) is 2.81. The van der Waals surface area contributed by atoms with Crippen LogP contribution in [0.25, 0.3) is 0 Å². The Morgan fingerprint density at radius 1 is 1.23 bits per heavy atom. The first-order valence-electron chi connectivity index (χ1n) is 7.57. The van der Waals surface area contributed by atoms with Gasteiger partial charge in [-0.3, -0.25) is 4.68 Å². The van der Waals surface area contributed by atoms with Gasteiger partial charge in [0.15, 0.2) is 6.29 Å². The molecule has 1 atom stereocenters. The van der Waals surface area contributed by atoms with Crippen LogP contribution in [0.4, 0.5) is 0 Å². The lowest BCUT2D eigenvalue weighted by atomic mass is 10.3. The van der Waals surface area contributed by atoms with E-state index in [9.17, 15) is 0 Å². The highest BCUT2D eigenvalue weighted by atomic mass is 32.1. The molecule has 0 fully saturated rings. The summed E-state index contributed by atoms with van der Waals surface area (Å²) in [7, 11) is 0. The van der Waals surface area contributed by atoms with E-state index in [0.29, 0.717) is 38.5 Å². The number of nitrogens with zero attached hydrogens (tertiary/aromatic N) is 3. The lowest BCUT2D eigenvalue weighted by Crippen LogP contribution is -2.19. The summed E-state index contributed by atoms with van der Waals surface area (Å²) in [5, 5.41) is 8.29. The predicted molar refractivity (Wildman–Crippen MR) is 85.4 cm³/mol. The number of rotatable bonds is 10. The molecule has 0 aliphatic heterocycles. The minimum atomic E-state index is -0.303. The molecule has 0 aromatic carbocycles. The summed E-state index contributed by atoms with van der Waals surface area (Å²) in [6.45, 7) is 9.96. The molecule has 1 heterocycles. The third kappa shape index (κ3) is 6.67. The van der Waals surface area contributed by atoms with Gasteiger partial charge < -0.3 is 18.9 Å². The molecular formula is C14H25N3O4S. The molecule has 0 aliphatic carbocycles. The summed E-state index contributed by atoms with van der Waals surface area (Å²) in [5.41, 5.74) is 0.700. The SMILES string of the molecule is CCOC(=S)OC(C)c1cn(CCC(OCC)OCC)nn1. The van der Waals surface area contributed by atoms with Crippen molar-refractivity contribution in [2.24, 2.45) is 0 Å². The van der Waals surface area contributed by atoms with Crippen LogP contribution in [0.15, 0.2) is 6.20 Å². The van der Waals surface area contributed by atoms with Gasteiger partial charge in [0.2, 0.25) is 0 Å². The molecule has 7 nitrogen and oxygen atoms in total. The van der Waals surface area contributed by atoms with E-state index in [0.717, 1.165) is 0 Å². The Balaban J connectivity index is 2.47. The topological polar surface area (TPSA) is 67.6 Å². The maximum Gasteiger partial charge on any atom is 0.352 e. The molecule has 0 radical (unpaired) electrons. The number of thiocarbonyl (C=S) groups is 1. The van der Waals surface area contributed by atoms with Crippen molar-refractivity contribution < 1.29 is 18.9 Å². The van der Waals surface area contributed by atoms with E-state index in [1.54, 1.807) is 4.68 Å². The van der Waals surface area contributed by atoms with Crippen molar-refractivity contribution in [3.8, 4) is 0 Å². The molecule has 1 rings (SSSR count). The molecule has 0 amide bonds. The van der Waals surface area contributed by atoms with Crippen molar-refractivity contribution in [1.29, 1.82) is 0 Å². The number of ether oxygens (including phenoxy) is 4. The quantitative estimate of drug-likeness (QED) is 0.482. The van der Waals surface area contributed by atoms with Gasteiger partial charge in [-0.2, -0.15) is 0 Å². The fourth-order valence-electron chi connectivity index (χ4n) is 1.79.